The highest BCUT2D eigenvalue weighted by atomic mass is 35.5. The zero-order chi connectivity index (χ0) is 19.6. The highest BCUT2D eigenvalue weighted by Crippen LogP contribution is 2.33. The molecular formula is C19H21Cl2N3O2S. The number of aryl methyl sites for hydroxylation is 1. The van der Waals surface area contributed by atoms with Gasteiger partial charge in [0, 0.05) is 30.7 Å². The van der Waals surface area contributed by atoms with Crippen LogP contribution >= 0.6 is 23.2 Å². The minimum atomic E-state index is -3.40. The molecule has 0 bridgehead atoms. The van der Waals surface area contributed by atoms with Crippen molar-refractivity contribution in [3.05, 3.63) is 58.1 Å². The molecule has 0 saturated carbocycles. The molecule has 1 aliphatic heterocycles. The number of hydrogen-bond donors (Lipinski definition) is 1. The van der Waals surface area contributed by atoms with Crippen LogP contribution in [0.15, 0.2) is 42.4 Å². The number of sulfonamides is 1. The quantitative estimate of drug-likeness (QED) is 0.770. The van der Waals surface area contributed by atoms with Crippen LogP contribution in [-0.4, -0.2) is 32.5 Å². The largest absolute Gasteiger partial charge is 0.356 e. The van der Waals surface area contributed by atoms with Crippen molar-refractivity contribution in [2.45, 2.75) is 25.8 Å². The Bertz CT molecular complexity index is 955. The first-order valence-electron chi connectivity index (χ1n) is 8.61. The van der Waals surface area contributed by atoms with Crippen LogP contribution < -0.4 is 9.62 Å². The van der Waals surface area contributed by atoms with E-state index in [1.807, 2.05) is 31.2 Å². The molecule has 27 heavy (non-hydrogen) atoms. The van der Waals surface area contributed by atoms with Gasteiger partial charge in [0.2, 0.25) is 10.0 Å². The second-order valence-electron chi connectivity index (χ2n) is 6.57. The van der Waals surface area contributed by atoms with Gasteiger partial charge in [-0.3, -0.25) is 0 Å². The van der Waals surface area contributed by atoms with Crippen LogP contribution in [0.4, 0.5) is 5.82 Å². The Balaban J connectivity index is 1.76. The fourth-order valence-electron chi connectivity index (χ4n) is 3.22. The molecule has 2 heterocycles. The van der Waals surface area contributed by atoms with Crippen LogP contribution in [-0.2, 0) is 10.0 Å². The molecule has 0 radical (unpaired) electrons. The summed E-state index contributed by atoms with van der Waals surface area (Å²) in [5.74, 6) is 0.864. The molecule has 3 rings (SSSR count). The molecule has 1 saturated heterocycles. The molecule has 0 spiro atoms. The molecule has 144 valence electrons. The highest BCUT2D eigenvalue weighted by Gasteiger charge is 2.23. The van der Waals surface area contributed by atoms with Gasteiger partial charge in [-0.15, -0.1) is 0 Å². The first kappa shape index (κ1) is 20.1. The van der Waals surface area contributed by atoms with E-state index in [-0.39, 0.29) is 6.04 Å². The van der Waals surface area contributed by atoms with Crippen molar-refractivity contribution >= 4 is 39.0 Å². The molecule has 2 aromatic rings. The lowest BCUT2D eigenvalue weighted by molar-refractivity contribution is 0.461. The normalized spacial score (nSPS) is 15.7. The Morgan fingerprint density at radius 1 is 1.22 bits per heavy atom. The standard InChI is InChI=1S/C19H21Cl2N3O2S/c1-3-27(25,26)23-15-5-8-24(9-6-15)19-11-14(4-7-22-19)16-12-18(21)17(20)10-13(16)2/h3-4,7,10-12,15,23H,1,5-6,8-9H2,2H3. The Kier molecular flexibility index (Phi) is 6.11. The van der Waals surface area contributed by atoms with Crippen LogP contribution in [0.5, 0.6) is 0 Å². The summed E-state index contributed by atoms with van der Waals surface area (Å²) in [6.45, 7) is 6.77. The molecule has 1 aromatic heterocycles. The summed E-state index contributed by atoms with van der Waals surface area (Å²) in [7, 11) is -3.40. The average molecular weight is 426 g/mol. The Morgan fingerprint density at radius 3 is 2.56 bits per heavy atom. The van der Waals surface area contributed by atoms with Gasteiger partial charge in [-0.1, -0.05) is 29.8 Å². The summed E-state index contributed by atoms with van der Waals surface area (Å²) in [6, 6.07) is 7.62. The molecule has 0 atom stereocenters. The smallest absolute Gasteiger partial charge is 0.233 e. The van der Waals surface area contributed by atoms with Crippen molar-refractivity contribution < 1.29 is 8.42 Å². The van der Waals surface area contributed by atoms with Gasteiger partial charge in [0.25, 0.3) is 0 Å². The zero-order valence-corrected chi connectivity index (χ0v) is 17.3. The lowest BCUT2D eigenvalue weighted by Crippen LogP contribution is -2.44. The highest BCUT2D eigenvalue weighted by molar-refractivity contribution is 7.92. The average Bonchev–Trinajstić information content (AvgIpc) is 2.65. The number of halogens is 2. The minimum absolute atomic E-state index is 0.0789. The van der Waals surface area contributed by atoms with E-state index in [2.05, 4.69) is 21.2 Å². The predicted molar refractivity (Wildman–Crippen MR) is 112 cm³/mol. The molecule has 0 unspecified atom stereocenters. The summed E-state index contributed by atoms with van der Waals surface area (Å²) < 4.78 is 25.9. The van der Waals surface area contributed by atoms with E-state index in [4.69, 9.17) is 23.2 Å². The van der Waals surface area contributed by atoms with Gasteiger partial charge in [-0.2, -0.15) is 0 Å². The third kappa shape index (κ3) is 4.82. The number of rotatable bonds is 5. The second-order valence-corrected chi connectivity index (χ2v) is 9.05. The van der Waals surface area contributed by atoms with Crippen molar-refractivity contribution in [2.75, 3.05) is 18.0 Å². The zero-order valence-electron chi connectivity index (χ0n) is 15.0. The number of hydrogen-bond acceptors (Lipinski definition) is 4. The van der Waals surface area contributed by atoms with Gasteiger partial charge in [0.15, 0.2) is 0 Å². The Labute approximate surface area is 170 Å². The number of piperidine rings is 1. The summed E-state index contributed by atoms with van der Waals surface area (Å²) in [4.78, 5) is 6.65. The number of nitrogens with zero attached hydrogens (tertiary/aromatic N) is 2. The molecule has 1 N–H and O–H groups in total. The van der Waals surface area contributed by atoms with Crippen molar-refractivity contribution in [3.8, 4) is 11.1 Å². The Morgan fingerprint density at radius 2 is 1.89 bits per heavy atom. The van der Waals surface area contributed by atoms with E-state index < -0.39 is 10.0 Å². The molecular weight excluding hydrogens is 405 g/mol. The van der Waals surface area contributed by atoms with E-state index in [0.29, 0.717) is 22.9 Å². The Hall–Kier alpha value is -1.60. The molecule has 0 amide bonds. The number of nitrogens with one attached hydrogen (secondary N) is 1. The van der Waals surface area contributed by atoms with Gasteiger partial charge in [-0.25, -0.2) is 18.1 Å². The maximum Gasteiger partial charge on any atom is 0.233 e. The van der Waals surface area contributed by atoms with Gasteiger partial charge in [-0.05, 0) is 60.7 Å². The summed E-state index contributed by atoms with van der Waals surface area (Å²) >= 11 is 12.3. The molecule has 8 heteroatoms. The molecule has 1 aromatic carbocycles. The number of benzene rings is 1. The van der Waals surface area contributed by atoms with E-state index in [0.717, 1.165) is 41.0 Å². The third-order valence-electron chi connectivity index (χ3n) is 4.69. The van der Waals surface area contributed by atoms with Gasteiger partial charge in [0.05, 0.1) is 10.0 Å². The maximum absolute atomic E-state index is 11.6. The van der Waals surface area contributed by atoms with Crippen LogP contribution in [0.25, 0.3) is 11.1 Å². The maximum atomic E-state index is 11.6. The van der Waals surface area contributed by atoms with Crippen molar-refractivity contribution in [1.29, 1.82) is 0 Å². The SMILES string of the molecule is C=CS(=O)(=O)NC1CCN(c2cc(-c3cc(Cl)c(Cl)cc3C)ccn2)CC1. The van der Waals surface area contributed by atoms with Gasteiger partial charge < -0.3 is 4.90 Å². The molecule has 1 fully saturated rings. The van der Waals surface area contributed by atoms with Crippen molar-refractivity contribution in [1.82, 2.24) is 9.71 Å². The topological polar surface area (TPSA) is 62.3 Å². The summed E-state index contributed by atoms with van der Waals surface area (Å²) in [5.41, 5.74) is 3.08. The van der Waals surface area contributed by atoms with Gasteiger partial charge >= 0.3 is 0 Å². The van der Waals surface area contributed by atoms with Crippen LogP contribution in [0.3, 0.4) is 0 Å². The monoisotopic (exact) mass is 425 g/mol. The fourth-order valence-corrected chi connectivity index (χ4v) is 4.40. The fraction of sp³-hybridized carbons (Fsp3) is 0.316. The summed E-state index contributed by atoms with van der Waals surface area (Å²) in [5, 5.41) is 2.01. The van der Waals surface area contributed by atoms with Crippen molar-refractivity contribution in [3.63, 3.8) is 0 Å². The first-order valence-corrected chi connectivity index (χ1v) is 10.9. The number of pyridine rings is 1. The lowest BCUT2D eigenvalue weighted by atomic mass is 10.0. The van der Waals surface area contributed by atoms with E-state index in [1.165, 1.54) is 0 Å². The van der Waals surface area contributed by atoms with E-state index in [9.17, 15) is 8.42 Å². The van der Waals surface area contributed by atoms with Gasteiger partial charge in [0.1, 0.15) is 5.82 Å². The molecule has 1 aliphatic rings. The third-order valence-corrected chi connectivity index (χ3v) is 6.52. The summed E-state index contributed by atoms with van der Waals surface area (Å²) in [6.07, 6.45) is 3.20. The first-order chi connectivity index (χ1) is 12.8. The number of aromatic nitrogens is 1. The predicted octanol–water partition coefficient (Wildman–Crippen LogP) is 4.40. The lowest BCUT2D eigenvalue weighted by Gasteiger charge is -2.33. The van der Waals surface area contributed by atoms with E-state index >= 15 is 0 Å². The second kappa shape index (κ2) is 8.19. The molecule has 0 aliphatic carbocycles. The number of anilines is 1. The van der Waals surface area contributed by atoms with Crippen LogP contribution in [0.1, 0.15) is 18.4 Å². The van der Waals surface area contributed by atoms with E-state index in [1.54, 1.807) is 6.20 Å². The van der Waals surface area contributed by atoms with Crippen molar-refractivity contribution in [2.24, 2.45) is 0 Å². The molecule has 5 nitrogen and oxygen atoms in total. The minimum Gasteiger partial charge on any atom is -0.356 e. The van der Waals surface area contributed by atoms with Crippen LogP contribution in [0.2, 0.25) is 10.0 Å². The van der Waals surface area contributed by atoms with Crippen LogP contribution in [0, 0.1) is 6.92 Å².